The normalized spacial score (nSPS) is 21.0. The molecule has 0 aliphatic carbocycles. The Morgan fingerprint density at radius 2 is 2.14 bits per heavy atom. The average Bonchev–Trinajstić information content (AvgIpc) is 2.89. The molecule has 116 valence electrons. The third kappa shape index (κ3) is 2.93. The number of hydrogen-bond acceptors (Lipinski definition) is 3. The van der Waals surface area contributed by atoms with Crippen molar-refractivity contribution in [2.75, 3.05) is 18.0 Å². The minimum Gasteiger partial charge on any atom is -0.355 e. The lowest BCUT2D eigenvalue weighted by Crippen LogP contribution is -2.27. The van der Waals surface area contributed by atoms with Gasteiger partial charge in [0.05, 0.1) is 11.6 Å². The Hall–Kier alpha value is -0.740. The van der Waals surface area contributed by atoms with E-state index in [4.69, 9.17) is 16.6 Å². The first-order valence-corrected chi connectivity index (χ1v) is 9.17. The van der Waals surface area contributed by atoms with Crippen molar-refractivity contribution in [3.05, 3.63) is 17.3 Å². The molecule has 3 heterocycles. The van der Waals surface area contributed by atoms with Crippen LogP contribution in [-0.2, 0) is 5.88 Å². The van der Waals surface area contributed by atoms with Gasteiger partial charge in [0.1, 0.15) is 0 Å². The number of thiazole rings is 1. The minimum absolute atomic E-state index is 0.403. The molecule has 3 rings (SSSR count). The molecule has 0 bridgehead atoms. The molecule has 0 spiro atoms. The van der Waals surface area contributed by atoms with Crippen LogP contribution in [0.4, 0.5) is 5.82 Å². The highest BCUT2D eigenvalue weighted by atomic mass is 35.5. The molecular formula is C16H24ClN3S. The van der Waals surface area contributed by atoms with Crippen LogP contribution in [0.1, 0.15) is 45.7 Å². The van der Waals surface area contributed by atoms with Crippen LogP contribution in [0.2, 0.25) is 0 Å². The van der Waals surface area contributed by atoms with Gasteiger partial charge in [-0.25, -0.2) is 4.98 Å². The van der Waals surface area contributed by atoms with Gasteiger partial charge in [-0.15, -0.1) is 22.9 Å². The zero-order chi connectivity index (χ0) is 15.0. The molecule has 3 nitrogen and oxygen atoms in total. The number of rotatable bonds is 2. The Labute approximate surface area is 135 Å². The molecule has 2 aromatic heterocycles. The van der Waals surface area contributed by atoms with Crippen molar-refractivity contribution in [1.82, 2.24) is 9.38 Å². The quantitative estimate of drug-likeness (QED) is 0.740. The number of alkyl halides is 1. The molecule has 1 unspecified atom stereocenters. The largest absolute Gasteiger partial charge is 0.355 e. The first-order valence-electron chi connectivity index (χ1n) is 7.76. The van der Waals surface area contributed by atoms with Crippen molar-refractivity contribution in [1.29, 1.82) is 0 Å². The zero-order valence-electron chi connectivity index (χ0n) is 13.1. The molecule has 1 aliphatic heterocycles. The molecule has 1 saturated heterocycles. The highest BCUT2D eigenvalue weighted by Gasteiger charge is 2.28. The van der Waals surface area contributed by atoms with Crippen LogP contribution in [-0.4, -0.2) is 22.5 Å². The minimum atomic E-state index is 0.403. The van der Waals surface area contributed by atoms with Gasteiger partial charge >= 0.3 is 0 Å². The molecule has 2 aromatic rings. The number of fused-ring (bicyclic) bond motifs is 1. The third-order valence-electron chi connectivity index (χ3n) is 4.72. The van der Waals surface area contributed by atoms with E-state index in [0.29, 0.717) is 11.3 Å². The molecule has 1 aliphatic rings. The number of hydrogen-bond donors (Lipinski definition) is 0. The fraction of sp³-hybridized carbons (Fsp3) is 0.688. The second-order valence-corrected chi connectivity index (χ2v) is 8.19. The Bertz CT molecular complexity index is 611. The maximum atomic E-state index is 6.19. The monoisotopic (exact) mass is 325 g/mol. The van der Waals surface area contributed by atoms with Gasteiger partial charge in [-0.2, -0.15) is 0 Å². The van der Waals surface area contributed by atoms with E-state index < -0.39 is 0 Å². The van der Waals surface area contributed by atoms with Gasteiger partial charge in [-0.1, -0.05) is 20.8 Å². The van der Waals surface area contributed by atoms with Crippen LogP contribution in [0.5, 0.6) is 0 Å². The van der Waals surface area contributed by atoms with Gasteiger partial charge in [-0.05, 0) is 30.6 Å². The Balaban J connectivity index is 1.84. The van der Waals surface area contributed by atoms with Crippen molar-refractivity contribution in [3.8, 4) is 0 Å². The summed E-state index contributed by atoms with van der Waals surface area (Å²) in [6, 6.07) is 0. The zero-order valence-corrected chi connectivity index (χ0v) is 14.7. The number of aromatic nitrogens is 2. The maximum absolute atomic E-state index is 6.19. The summed E-state index contributed by atoms with van der Waals surface area (Å²) in [5.74, 6) is 2.42. The van der Waals surface area contributed by atoms with E-state index in [2.05, 4.69) is 41.6 Å². The summed E-state index contributed by atoms with van der Waals surface area (Å²) in [4.78, 5) is 8.32. The van der Waals surface area contributed by atoms with Crippen LogP contribution in [0.3, 0.4) is 0 Å². The summed E-state index contributed by atoms with van der Waals surface area (Å²) in [5, 5.41) is 2.07. The van der Waals surface area contributed by atoms with Crippen molar-refractivity contribution >= 4 is 33.7 Å². The Kier molecular flexibility index (Phi) is 4.19. The van der Waals surface area contributed by atoms with Crippen LogP contribution < -0.4 is 4.90 Å². The van der Waals surface area contributed by atoms with Crippen molar-refractivity contribution < 1.29 is 0 Å². The lowest BCUT2D eigenvalue weighted by Gasteiger charge is -2.29. The van der Waals surface area contributed by atoms with Gasteiger partial charge in [-0.3, -0.25) is 4.40 Å². The molecule has 0 aromatic carbocycles. The van der Waals surface area contributed by atoms with Gasteiger partial charge < -0.3 is 4.90 Å². The summed E-state index contributed by atoms with van der Waals surface area (Å²) in [7, 11) is 0. The SMILES string of the molecule is CC(C)(C)C1CCCN(c2nc3sccn3c2CCl)CC1. The average molecular weight is 326 g/mol. The van der Waals surface area contributed by atoms with E-state index in [-0.39, 0.29) is 0 Å². The van der Waals surface area contributed by atoms with E-state index in [9.17, 15) is 0 Å². The van der Waals surface area contributed by atoms with Crippen molar-refractivity contribution in [2.45, 2.75) is 45.9 Å². The molecule has 21 heavy (non-hydrogen) atoms. The standard InChI is InChI=1S/C16H24ClN3S/c1-16(2,3)12-5-4-7-19(8-6-12)14-13(11-17)20-9-10-21-15(20)18-14/h9-10,12H,4-8,11H2,1-3H3. The predicted octanol–water partition coefficient (Wildman–Crippen LogP) is 4.79. The van der Waals surface area contributed by atoms with Crippen LogP contribution in [0.25, 0.3) is 4.96 Å². The summed E-state index contributed by atoms with van der Waals surface area (Å²) >= 11 is 7.87. The highest BCUT2D eigenvalue weighted by Crippen LogP contribution is 2.36. The second-order valence-electron chi connectivity index (χ2n) is 7.05. The number of imidazole rings is 1. The van der Waals surface area contributed by atoms with Crippen molar-refractivity contribution in [2.24, 2.45) is 11.3 Å². The third-order valence-corrected chi connectivity index (χ3v) is 5.73. The number of nitrogens with zero attached hydrogens (tertiary/aromatic N) is 3. The lowest BCUT2D eigenvalue weighted by atomic mass is 9.77. The summed E-state index contributed by atoms with van der Waals surface area (Å²) < 4.78 is 2.14. The highest BCUT2D eigenvalue weighted by molar-refractivity contribution is 7.15. The molecule has 1 atom stereocenters. The Morgan fingerprint density at radius 3 is 2.86 bits per heavy atom. The lowest BCUT2D eigenvalue weighted by molar-refractivity contribution is 0.220. The second kappa shape index (κ2) is 5.81. The molecule has 0 N–H and O–H groups in total. The van der Waals surface area contributed by atoms with Gasteiger partial charge in [0.15, 0.2) is 10.8 Å². The topological polar surface area (TPSA) is 20.5 Å². The Morgan fingerprint density at radius 1 is 1.33 bits per heavy atom. The number of halogens is 1. The first-order chi connectivity index (χ1) is 10.0. The summed E-state index contributed by atoms with van der Waals surface area (Å²) in [6.07, 6.45) is 5.88. The van der Waals surface area contributed by atoms with Gasteiger partial charge in [0.2, 0.25) is 0 Å². The van der Waals surface area contributed by atoms with E-state index in [1.807, 2.05) is 0 Å². The van der Waals surface area contributed by atoms with Crippen LogP contribution in [0.15, 0.2) is 11.6 Å². The molecular weight excluding hydrogens is 302 g/mol. The molecule has 0 radical (unpaired) electrons. The predicted molar refractivity (Wildman–Crippen MR) is 91.6 cm³/mol. The van der Waals surface area contributed by atoms with Crippen LogP contribution >= 0.6 is 22.9 Å². The number of anilines is 1. The maximum Gasteiger partial charge on any atom is 0.195 e. The summed E-state index contributed by atoms with van der Waals surface area (Å²) in [6.45, 7) is 9.29. The fourth-order valence-corrected chi connectivity index (χ4v) is 4.35. The smallest absolute Gasteiger partial charge is 0.195 e. The van der Waals surface area contributed by atoms with Gasteiger partial charge in [0, 0.05) is 24.7 Å². The van der Waals surface area contributed by atoms with Crippen LogP contribution in [0, 0.1) is 11.3 Å². The molecule has 1 fully saturated rings. The molecule has 5 heteroatoms. The van der Waals surface area contributed by atoms with E-state index in [1.54, 1.807) is 11.3 Å². The fourth-order valence-electron chi connectivity index (χ4n) is 3.37. The molecule has 0 amide bonds. The van der Waals surface area contributed by atoms with Gasteiger partial charge in [0.25, 0.3) is 0 Å². The first kappa shape index (κ1) is 15.2. The van der Waals surface area contributed by atoms with Crippen molar-refractivity contribution in [3.63, 3.8) is 0 Å². The summed E-state index contributed by atoms with van der Waals surface area (Å²) in [5.41, 5.74) is 1.54. The van der Waals surface area contributed by atoms with E-state index in [1.165, 1.54) is 19.3 Å². The van der Waals surface area contributed by atoms with E-state index >= 15 is 0 Å². The molecule has 0 saturated carbocycles. The van der Waals surface area contributed by atoms with E-state index in [0.717, 1.165) is 35.5 Å².